The van der Waals surface area contributed by atoms with Crippen LogP contribution in [-0.2, 0) is 13.1 Å². The SMILES string of the molecule is CCCn1ccnc1CN[C@H]1CCCSC1. The fraction of sp³-hybridized carbons (Fsp3) is 0.750. The Kier molecular flexibility index (Phi) is 4.72. The van der Waals surface area contributed by atoms with Crippen molar-refractivity contribution in [1.29, 1.82) is 0 Å². The number of aromatic nitrogens is 2. The van der Waals surface area contributed by atoms with Crippen LogP contribution >= 0.6 is 11.8 Å². The molecule has 1 aliphatic rings. The molecule has 0 amide bonds. The van der Waals surface area contributed by atoms with Gasteiger partial charge in [0.2, 0.25) is 0 Å². The Balaban J connectivity index is 1.81. The average molecular weight is 239 g/mol. The number of nitrogens with one attached hydrogen (secondary N) is 1. The van der Waals surface area contributed by atoms with Gasteiger partial charge in [-0.05, 0) is 25.0 Å². The van der Waals surface area contributed by atoms with Crippen LogP contribution in [0.4, 0.5) is 0 Å². The second-order valence-electron chi connectivity index (χ2n) is 4.33. The zero-order valence-corrected chi connectivity index (χ0v) is 10.8. The van der Waals surface area contributed by atoms with Crippen LogP contribution in [0.25, 0.3) is 0 Å². The molecule has 2 heterocycles. The van der Waals surface area contributed by atoms with E-state index in [1.54, 1.807) is 0 Å². The van der Waals surface area contributed by atoms with E-state index in [-0.39, 0.29) is 0 Å². The highest BCUT2D eigenvalue weighted by molar-refractivity contribution is 7.99. The molecule has 1 fully saturated rings. The second kappa shape index (κ2) is 6.30. The Morgan fingerprint density at radius 3 is 3.31 bits per heavy atom. The highest BCUT2D eigenvalue weighted by Crippen LogP contribution is 2.17. The minimum absolute atomic E-state index is 0.686. The minimum atomic E-state index is 0.686. The smallest absolute Gasteiger partial charge is 0.122 e. The molecular weight excluding hydrogens is 218 g/mol. The van der Waals surface area contributed by atoms with Crippen LogP contribution in [0.2, 0.25) is 0 Å². The summed E-state index contributed by atoms with van der Waals surface area (Å²) >= 11 is 2.06. The van der Waals surface area contributed by atoms with Crippen LogP contribution in [0.3, 0.4) is 0 Å². The maximum atomic E-state index is 4.41. The molecule has 1 aliphatic heterocycles. The molecule has 2 rings (SSSR count). The molecule has 0 bridgehead atoms. The molecular formula is C12H21N3S. The summed E-state index contributed by atoms with van der Waals surface area (Å²) in [6.45, 7) is 4.20. The molecule has 0 aliphatic carbocycles. The number of thioether (sulfide) groups is 1. The van der Waals surface area contributed by atoms with Gasteiger partial charge in [0.05, 0.1) is 6.54 Å². The van der Waals surface area contributed by atoms with Gasteiger partial charge in [0, 0.05) is 30.7 Å². The normalized spacial score (nSPS) is 21.2. The number of aryl methyl sites for hydroxylation is 1. The van der Waals surface area contributed by atoms with Gasteiger partial charge < -0.3 is 9.88 Å². The van der Waals surface area contributed by atoms with E-state index in [2.05, 4.69) is 39.8 Å². The van der Waals surface area contributed by atoms with Crippen LogP contribution in [-0.4, -0.2) is 27.1 Å². The fourth-order valence-electron chi connectivity index (χ4n) is 2.09. The maximum absolute atomic E-state index is 4.41. The van der Waals surface area contributed by atoms with E-state index in [4.69, 9.17) is 0 Å². The number of nitrogens with zero attached hydrogens (tertiary/aromatic N) is 2. The summed E-state index contributed by atoms with van der Waals surface area (Å²) < 4.78 is 2.25. The molecule has 1 saturated heterocycles. The summed E-state index contributed by atoms with van der Waals surface area (Å²) in [6.07, 6.45) is 7.83. The third kappa shape index (κ3) is 3.25. The highest BCUT2D eigenvalue weighted by atomic mass is 32.2. The molecule has 1 N–H and O–H groups in total. The monoisotopic (exact) mass is 239 g/mol. The Hall–Kier alpha value is -0.480. The van der Waals surface area contributed by atoms with Crippen LogP contribution in [0.1, 0.15) is 32.0 Å². The van der Waals surface area contributed by atoms with Gasteiger partial charge in [-0.25, -0.2) is 4.98 Å². The predicted molar refractivity (Wildman–Crippen MR) is 69.7 cm³/mol. The molecule has 0 radical (unpaired) electrons. The number of hydrogen-bond acceptors (Lipinski definition) is 3. The third-order valence-electron chi connectivity index (χ3n) is 2.98. The van der Waals surface area contributed by atoms with Crippen molar-refractivity contribution in [1.82, 2.24) is 14.9 Å². The van der Waals surface area contributed by atoms with E-state index in [1.807, 2.05) is 6.20 Å². The van der Waals surface area contributed by atoms with Gasteiger partial charge in [-0.2, -0.15) is 11.8 Å². The first-order valence-corrected chi connectivity index (χ1v) is 7.36. The van der Waals surface area contributed by atoms with Crippen LogP contribution < -0.4 is 5.32 Å². The molecule has 90 valence electrons. The van der Waals surface area contributed by atoms with Gasteiger partial charge in [0.1, 0.15) is 5.82 Å². The first-order valence-electron chi connectivity index (χ1n) is 6.21. The van der Waals surface area contributed by atoms with Crippen molar-refractivity contribution in [2.45, 2.75) is 45.3 Å². The summed E-state index contributed by atoms with van der Waals surface area (Å²) in [7, 11) is 0. The molecule has 0 unspecified atom stereocenters. The lowest BCUT2D eigenvalue weighted by Gasteiger charge is -2.22. The van der Waals surface area contributed by atoms with E-state index in [0.717, 1.165) is 13.1 Å². The zero-order valence-electron chi connectivity index (χ0n) is 9.98. The number of rotatable bonds is 5. The lowest BCUT2D eigenvalue weighted by atomic mass is 10.2. The maximum Gasteiger partial charge on any atom is 0.122 e. The van der Waals surface area contributed by atoms with Gasteiger partial charge >= 0.3 is 0 Å². The van der Waals surface area contributed by atoms with E-state index < -0.39 is 0 Å². The van der Waals surface area contributed by atoms with E-state index in [1.165, 1.54) is 36.6 Å². The number of hydrogen-bond donors (Lipinski definition) is 1. The van der Waals surface area contributed by atoms with Crippen molar-refractivity contribution in [3.8, 4) is 0 Å². The quantitative estimate of drug-likeness (QED) is 0.855. The van der Waals surface area contributed by atoms with Gasteiger partial charge in [-0.3, -0.25) is 0 Å². The summed E-state index contributed by atoms with van der Waals surface area (Å²) in [4.78, 5) is 4.41. The zero-order chi connectivity index (χ0) is 11.2. The van der Waals surface area contributed by atoms with E-state index >= 15 is 0 Å². The van der Waals surface area contributed by atoms with E-state index in [9.17, 15) is 0 Å². The predicted octanol–water partition coefficient (Wildman–Crippen LogP) is 2.28. The summed E-state index contributed by atoms with van der Waals surface area (Å²) in [5.74, 6) is 3.77. The first kappa shape index (κ1) is 12.0. The Labute approximate surface area is 102 Å². The molecule has 0 saturated carbocycles. The van der Waals surface area contributed by atoms with Crippen molar-refractivity contribution >= 4 is 11.8 Å². The third-order valence-corrected chi connectivity index (χ3v) is 4.19. The molecule has 1 atom stereocenters. The standard InChI is InChI=1S/C12H21N3S/c1-2-6-15-7-5-13-12(15)9-14-11-4-3-8-16-10-11/h5,7,11,14H,2-4,6,8-10H2,1H3/t11-/m0/s1. The molecule has 0 spiro atoms. The van der Waals surface area contributed by atoms with Crippen LogP contribution in [0, 0.1) is 0 Å². The van der Waals surface area contributed by atoms with Gasteiger partial charge in [-0.15, -0.1) is 0 Å². The average Bonchev–Trinajstić information content (AvgIpc) is 2.76. The lowest BCUT2D eigenvalue weighted by Crippen LogP contribution is -2.34. The molecule has 1 aromatic heterocycles. The van der Waals surface area contributed by atoms with Gasteiger partial charge in [-0.1, -0.05) is 6.92 Å². The van der Waals surface area contributed by atoms with Crippen LogP contribution in [0.15, 0.2) is 12.4 Å². The Morgan fingerprint density at radius 2 is 2.56 bits per heavy atom. The second-order valence-corrected chi connectivity index (χ2v) is 5.48. The molecule has 4 heteroatoms. The van der Waals surface area contributed by atoms with Crippen molar-refractivity contribution in [3.05, 3.63) is 18.2 Å². The molecule has 3 nitrogen and oxygen atoms in total. The largest absolute Gasteiger partial charge is 0.334 e. The summed E-state index contributed by atoms with van der Waals surface area (Å²) in [5, 5.41) is 3.62. The van der Waals surface area contributed by atoms with E-state index in [0.29, 0.717) is 6.04 Å². The topological polar surface area (TPSA) is 29.9 Å². The molecule has 1 aromatic rings. The molecule has 0 aromatic carbocycles. The van der Waals surface area contributed by atoms with Crippen LogP contribution in [0.5, 0.6) is 0 Å². The summed E-state index contributed by atoms with van der Waals surface area (Å²) in [6, 6.07) is 0.686. The van der Waals surface area contributed by atoms with Gasteiger partial charge in [0.25, 0.3) is 0 Å². The fourth-order valence-corrected chi connectivity index (χ4v) is 3.20. The first-order chi connectivity index (χ1) is 7.90. The Morgan fingerprint density at radius 1 is 1.62 bits per heavy atom. The molecule has 16 heavy (non-hydrogen) atoms. The minimum Gasteiger partial charge on any atom is -0.334 e. The summed E-state index contributed by atoms with van der Waals surface area (Å²) in [5.41, 5.74) is 0. The Bertz CT molecular complexity index is 305. The van der Waals surface area contributed by atoms with Crippen molar-refractivity contribution in [2.24, 2.45) is 0 Å². The van der Waals surface area contributed by atoms with Crippen molar-refractivity contribution < 1.29 is 0 Å². The van der Waals surface area contributed by atoms with Crippen molar-refractivity contribution in [2.75, 3.05) is 11.5 Å². The highest BCUT2D eigenvalue weighted by Gasteiger charge is 2.13. The lowest BCUT2D eigenvalue weighted by molar-refractivity contribution is 0.486. The van der Waals surface area contributed by atoms with Crippen molar-refractivity contribution in [3.63, 3.8) is 0 Å². The number of imidazole rings is 1. The van der Waals surface area contributed by atoms with Gasteiger partial charge in [0.15, 0.2) is 0 Å².